The van der Waals surface area contributed by atoms with Gasteiger partial charge in [-0.05, 0) is 52.0 Å². The third-order valence-electron chi connectivity index (χ3n) is 4.25. The van der Waals surface area contributed by atoms with Gasteiger partial charge in [0.25, 0.3) is 11.6 Å². The van der Waals surface area contributed by atoms with Crippen molar-refractivity contribution in [3.8, 4) is 5.69 Å². The fourth-order valence-electron chi connectivity index (χ4n) is 2.83. The number of benzene rings is 2. The topological polar surface area (TPSA) is 141 Å². The Hall–Kier alpha value is -4.35. The molecule has 3 aromatic rings. The first kappa shape index (κ1) is 23.3. The van der Waals surface area contributed by atoms with Gasteiger partial charge in [-0.3, -0.25) is 20.2 Å². The van der Waals surface area contributed by atoms with E-state index in [0.29, 0.717) is 11.4 Å². The average molecular weight is 456 g/mol. The zero-order valence-corrected chi connectivity index (χ0v) is 18.2. The molecular formula is C21H21FN6O5. The van der Waals surface area contributed by atoms with Crippen LogP contribution in [0.2, 0.25) is 0 Å². The standard InChI is InChI=1S/C21H21FN6O5/c1-12-18(25-26-27(12)14-6-5-7-15(11-14)28(31)32)19(29)23-13-8-9-16(22)17(10-13)24-20(30)33-21(2,3)4/h5-11H,1-4H3,(H,23,29)(H,24,30). The van der Waals surface area contributed by atoms with E-state index in [1.54, 1.807) is 33.8 Å². The van der Waals surface area contributed by atoms with Crippen molar-refractivity contribution >= 4 is 29.1 Å². The summed E-state index contributed by atoms with van der Waals surface area (Å²) in [5.41, 5.74) is -0.233. The summed E-state index contributed by atoms with van der Waals surface area (Å²) in [5, 5.41) is 23.6. The van der Waals surface area contributed by atoms with Gasteiger partial charge in [0.1, 0.15) is 11.4 Å². The lowest BCUT2D eigenvalue weighted by molar-refractivity contribution is -0.384. The summed E-state index contributed by atoms with van der Waals surface area (Å²) in [6, 6.07) is 9.34. The lowest BCUT2D eigenvalue weighted by Gasteiger charge is -2.20. The normalized spacial score (nSPS) is 11.1. The summed E-state index contributed by atoms with van der Waals surface area (Å²) in [6.07, 6.45) is -0.847. The molecule has 1 heterocycles. The van der Waals surface area contributed by atoms with Crippen LogP contribution >= 0.6 is 0 Å². The third-order valence-corrected chi connectivity index (χ3v) is 4.25. The van der Waals surface area contributed by atoms with Crippen LogP contribution in [0, 0.1) is 22.9 Å². The predicted molar refractivity (Wildman–Crippen MR) is 117 cm³/mol. The Kier molecular flexibility index (Phi) is 6.38. The number of anilines is 2. The summed E-state index contributed by atoms with van der Waals surface area (Å²) in [5.74, 6) is -1.36. The van der Waals surface area contributed by atoms with Crippen LogP contribution in [0.1, 0.15) is 37.0 Å². The lowest BCUT2D eigenvalue weighted by Crippen LogP contribution is -2.27. The first-order valence-electron chi connectivity index (χ1n) is 9.72. The Labute approximate surface area is 187 Å². The van der Waals surface area contributed by atoms with E-state index in [2.05, 4.69) is 20.9 Å². The van der Waals surface area contributed by atoms with Gasteiger partial charge in [0.05, 0.1) is 22.0 Å². The second-order valence-corrected chi connectivity index (χ2v) is 7.99. The van der Waals surface area contributed by atoms with Crippen molar-refractivity contribution in [2.45, 2.75) is 33.3 Å². The second-order valence-electron chi connectivity index (χ2n) is 7.99. The van der Waals surface area contributed by atoms with Crippen LogP contribution in [-0.2, 0) is 4.74 Å². The molecule has 0 saturated heterocycles. The molecule has 12 heteroatoms. The van der Waals surface area contributed by atoms with Gasteiger partial charge in [-0.1, -0.05) is 11.3 Å². The number of non-ortho nitro benzene ring substituents is 1. The highest BCUT2D eigenvalue weighted by Crippen LogP contribution is 2.22. The first-order valence-corrected chi connectivity index (χ1v) is 9.72. The molecule has 3 rings (SSSR count). The van der Waals surface area contributed by atoms with E-state index in [1.165, 1.54) is 35.0 Å². The summed E-state index contributed by atoms with van der Waals surface area (Å²) in [7, 11) is 0. The number of halogens is 1. The molecule has 172 valence electrons. The monoisotopic (exact) mass is 456 g/mol. The number of nitro groups is 1. The van der Waals surface area contributed by atoms with Gasteiger partial charge in [0.15, 0.2) is 5.69 Å². The highest BCUT2D eigenvalue weighted by molar-refractivity contribution is 6.04. The second kappa shape index (κ2) is 9.02. The van der Waals surface area contributed by atoms with Crippen molar-refractivity contribution in [3.63, 3.8) is 0 Å². The van der Waals surface area contributed by atoms with E-state index in [4.69, 9.17) is 4.74 Å². The molecule has 11 nitrogen and oxygen atoms in total. The SMILES string of the molecule is Cc1c(C(=O)Nc2ccc(F)c(NC(=O)OC(C)(C)C)c2)nnn1-c1cccc([N+](=O)[O-])c1. The van der Waals surface area contributed by atoms with Gasteiger partial charge < -0.3 is 10.1 Å². The van der Waals surface area contributed by atoms with Gasteiger partial charge in [-0.15, -0.1) is 5.10 Å². The quantitative estimate of drug-likeness (QED) is 0.432. The third kappa shape index (κ3) is 5.67. The zero-order valence-electron chi connectivity index (χ0n) is 18.2. The molecule has 0 atom stereocenters. The maximum absolute atomic E-state index is 14.1. The molecule has 0 radical (unpaired) electrons. The molecule has 0 aliphatic rings. The molecular weight excluding hydrogens is 435 g/mol. The number of hydrogen-bond acceptors (Lipinski definition) is 7. The molecule has 2 N–H and O–H groups in total. The van der Waals surface area contributed by atoms with Crippen LogP contribution < -0.4 is 10.6 Å². The highest BCUT2D eigenvalue weighted by Gasteiger charge is 2.20. The minimum atomic E-state index is -0.847. The van der Waals surface area contributed by atoms with E-state index < -0.39 is 28.3 Å². The van der Waals surface area contributed by atoms with Crippen LogP contribution in [-0.4, -0.2) is 37.5 Å². The van der Waals surface area contributed by atoms with Crippen molar-refractivity contribution in [3.05, 3.63) is 69.8 Å². The Morgan fingerprint density at radius 3 is 2.55 bits per heavy atom. The molecule has 0 unspecified atom stereocenters. The smallest absolute Gasteiger partial charge is 0.412 e. The van der Waals surface area contributed by atoms with Crippen molar-refractivity contribution in [2.75, 3.05) is 10.6 Å². The Balaban J connectivity index is 1.79. The molecule has 33 heavy (non-hydrogen) atoms. The molecule has 0 spiro atoms. The maximum Gasteiger partial charge on any atom is 0.412 e. The fourth-order valence-corrected chi connectivity index (χ4v) is 2.83. The van der Waals surface area contributed by atoms with E-state index in [9.17, 15) is 24.1 Å². The van der Waals surface area contributed by atoms with Crippen molar-refractivity contribution < 1.29 is 23.6 Å². The number of carbonyl (C=O) groups excluding carboxylic acids is 2. The number of rotatable bonds is 5. The lowest BCUT2D eigenvalue weighted by atomic mass is 10.2. The van der Waals surface area contributed by atoms with Crippen LogP contribution in [0.15, 0.2) is 42.5 Å². The Bertz CT molecular complexity index is 1230. The molecule has 1 aromatic heterocycles. The molecule has 0 saturated carbocycles. The van der Waals surface area contributed by atoms with Gasteiger partial charge in [0.2, 0.25) is 0 Å². The molecule has 2 amide bonds. The highest BCUT2D eigenvalue weighted by atomic mass is 19.1. The number of nitro benzene ring substituents is 1. The number of ether oxygens (including phenoxy) is 1. The van der Waals surface area contributed by atoms with E-state index in [1.807, 2.05) is 0 Å². The molecule has 2 aromatic carbocycles. The molecule has 0 aliphatic heterocycles. The fraction of sp³-hybridized carbons (Fsp3) is 0.238. The predicted octanol–water partition coefficient (Wildman–Crippen LogP) is 4.22. The zero-order chi connectivity index (χ0) is 24.3. The van der Waals surface area contributed by atoms with Crippen LogP contribution in [0.5, 0.6) is 0 Å². The first-order chi connectivity index (χ1) is 15.4. The van der Waals surface area contributed by atoms with Crippen LogP contribution in [0.3, 0.4) is 0 Å². The number of amides is 2. The van der Waals surface area contributed by atoms with Crippen LogP contribution in [0.4, 0.5) is 26.2 Å². The summed E-state index contributed by atoms with van der Waals surface area (Å²) >= 11 is 0. The van der Waals surface area contributed by atoms with Crippen LogP contribution in [0.25, 0.3) is 5.69 Å². The maximum atomic E-state index is 14.1. The van der Waals surface area contributed by atoms with Gasteiger partial charge >= 0.3 is 6.09 Å². The van der Waals surface area contributed by atoms with Crippen molar-refractivity contribution in [2.24, 2.45) is 0 Å². The van der Waals surface area contributed by atoms with Gasteiger partial charge in [0, 0.05) is 17.8 Å². The van der Waals surface area contributed by atoms with Crippen molar-refractivity contribution in [1.29, 1.82) is 0 Å². The minimum absolute atomic E-state index is 0.0347. The minimum Gasteiger partial charge on any atom is -0.444 e. The average Bonchev–Trinajstić information content (AvgIpc) is 3.10. The largest absolute Gasteiger partial charge is 0.444 e. The van der Waals surface area contributed by atoms with Crippen molar-refractivity contribution in [1.82, 2.24) is 15.0 Å². The molecule has 0 bridgehead atoms. The van der Waals surface area contributed by atoms with E-state index in [-0.39, 0.29) is 22.8 Å². The van der Waals surface area contributed by atoms with E-state index in [0.717, 1.165) is 6.07 Å². The summed E-state index contributed by atoms with van der Waals surface area (Å²) in [6.45, 7) is 6.59. The number of aromatic nitrogens is 3. The van der Waals surface area contributed by atoms with Gasteiger partial charge in [-0.2, -0.15) is 0 Å². The number of nitrogens with one attached hydrogen (secondary N) is 2. The number of carbonyl (C=O) groups is 2. The molecule has 0 aliphatic carbocycles. The number of hydrogen-bond donors (Lipinski definition) is 2. The Morgan fingerprint density at radius 2 is 1.88 bits per heavy atom. The van der Waals surface area contributed by atoms with E-state index >= 15 is 0 Å². The summed E-state index contributed by atoms with van der Waals surface area (Å²) in [4.78, 5) is 35.1. The Morgan fingerprint density at radius 1 is 1.15 bits per heavy atom. The summed E-state index contributed by atoms with van der Waals surface area (Å²) < 4.78 is 20.5. The number of nitrogens with zero attached hydrogens (tertiary/aromatic N) is 4. The van der Waals surface area contributed by atoms with Gasteiger partial charge in [-0.25, -0.2) is 13.9 Å². The molecule has 0 fully saturated rings.